The molecule has 0 aromatic carbocycles. The average Bonchev–Trinajstić information content (AvgIpc) is 2.31. The van der Waals surface area contributed by atoms with E-state index in [4.69, 9.17) is 0 Å². The molecule has 0 spiro atoms. The summed E-state index contributed by atoms with van der Waals surface area (Å²) in [5.41, 5.74) is 0. The molecule has 0 atom stereocenters. The summed E-state index contributed by atoms with van der Waals surface area (Å²) < 4.78 is 4.28. The molecule has 0 fully saturated rings. The van der Waals surface area contributed by atoms with Gasteiger partial charge in [-0.05, 0) is 6.42 Å². The van der Waals surface area contributed by atoms with Gasteiger partial charge in [-0.2, -0.15) is 0 Å². The molecule has 0 unspecified atom stereocenters. The van der Waals surface area contributed by atoms with Crippen LogP contribution in [0.5, 0.6) is 0 Å². The third-order valence-electron chi connectivity index (χ3n) is 1.59. The highest BCUT2D eigenvalue weighted by atomic mass is 15.1. The van der Waals surface area contributed by atoms with Crippen LogP contribution in [0.2, 0.25) is 0 Å². The number of rotatable bonds is 3. The second-order valence-corrected chi connectivity index (χ2v) is 2.67. The molecule has 1 aromatic rings. The number of aryl methyl sites for hydroxylation is 2. The van der Waals surface area contributed by atoms with E-state index in [0.717, 1.165) is 6.54 Å². The molecular formula is C8H21N4+. The van der Waals surface area contributed by atoms with Crippen molar-refractivity contribution >= 4 is 0 Å². The summed E-state index contributed by atoms with van der Waals surface area (Å²) >= 11 is 0. The van der Waals surface area contributed by atoms with Crippen LogP contribution in [0.25, 0.3) is 0 Å². The van der Waals surface area contributed by atoms with Gasteiger partial charge in [-0.15, -0.1) is 0 Å². The van der Waals surface area contributed by atoms with Gasteiger partial charge in [-0.3, -0.25) is 0 Å². The molecule has 0 aliphatic rings. The Morgan fingerprint density at radius 1 is 1.33 bits per heavy atom. The Kier molecular flexibility index (Phi) is 7.78. The highest BCUT2D eigenvalue weighted by Crippen LogP contribution is 1.91. The van der Waals surface area contributed by atoms with Crippen molar-refractivity contribution in [2.45, 2.75) is 26.3 Å². The van der Waals surface area contributed by atoms with Crippen molar-refractivity contribution < 1.29 is 4.57 Å². The highest BCUT2D eigenvalue weighted by molar-refractivity contribution is 4.65. The van der Waals surface area contributed by atoms with Crippen LogP contribution < -0.4 is 16.9 Å². The molecule has 4 heteroatoms. The second-order valence-electron chi connectivity index (χ2n) is 2.67. The summed E-state index contributed by atoms with van der Waals surface area (Å²) in [6, 6.07) is 0. The Hall–Kier alpha value is -0.870. The summed E-state index contributed by atoms with van der Waals surface area (Å²) in [5.74, 6) is 0. The van der Waals surface area contributed by atoms with Crippen LogP contribution in [-0.4, -0.2) is 4.57 Å². The summed E-state index contributed by atoms with van der Waals surface area (Å²) in [6.07, 6.45) is 8.82. The Bertz CT molecular complexity index is 195. The van der Waals surface area contributed by atoms with Gasteiger partial charge in [0.2, 0.25) is 6.33 Å². The van der Waals surface area contributed by atoms with Gasteiger partial charge in [0.25, 0.3) is 0 Å². The lowest BCUT2D eigenvalue weighted by atomic mass is 10.3. The Balaban J connectivity index is 0. The van der Waals surface area contributed by atoms with Crippen molar-refractivity contribution in [3.63, 3.8) is 0 Å². The standard InChI is InChI=1S/C8H15N2.2H3N/c1-3-4-5-10-7-6-9(2)8-10;;/h6-8H,3-5H2,1-2H3;2*1H3/q+1;;. The van der Waals surface area contributed by atoms with E-state index in [1.54, 1.807) is 0 Å². The number of unbranched alkanes of at least 4 members (excludes halogenated alkanes) is 1. The molecule has 0 radical (unpaired) electrons. The summed E-state index contributed by atoms with van der Waals surface area (Å²) in [7, 11) is 2.04. The van der Waals surface area contributed by atoms with Gasteiger partial charge >= 0.3 is 0 Å². The fraction of sp³-hybridized carbons (Fsp3) is 0.625. The van der Waals surface area contributed by atoms with Crippen LogP contribution in [0.1, 0.15) is 19.8 Å². The van der Waals surface area contributed by atoms with Crippen molar-refractivity contribution in [3.8, 4) is 0 Å². The minimum absolute atomic E-state index is 0. The van der Waals surface area contributed by atoms with Crippen LogP contribution in [0, 0.1) is 0 Å². The SMILES string of the molecule is CCCCn1cc[n+](C)c1.N.N. The zero-order valence-electron chi connectivity index (χ0n) is 8.16. The van der Waals surface area contributed by atoms with Gasteiger partial charge in [-0.25, -0.2) is 9.13 Å². The molecule has 4 nitrogen and oxygen atoms in total. The van der Waals surface area contributed by atoms with Crippen LogP contribution >= 0.6 is 0 Å². The van der Waals surface area contributed by atoms with Crippen LogP contribution in [-0.2, 0) is 13.6 Å². The van der Waals surface area contributed by atoms with E-state index in [2.05, 4.69) is 34.8 Å². The van der Waals surface area contributed by atoms with Crippen molar-refractivity contribution in [1.82, 2.24) is 16.9 Å². The number of imidazole rings is 1. The van der Waals surface area contributed by atoms with Crippen molar-refractivity contribution in [2.75, 3.05) is 0 Å². The lowest BCUT2D eigenvalue weighted by Gasteiger charge is -1.90. The molecule has 0 amide bonds. The van der Waals surface area contributed by atoms with Gasteiger partial charge in [0.15, 0.2) is 0 Å². The Labute approximate surface area is 74.4 Å². The Morgan fingerprint density at radius 2 is 2.00 bits per heavy atom. The first-order valence-electron chi connectivity index (χ1n) is 3.84. The molecule has 0 saturated carbocycles. The lowest BCUT2D eigenvalue weighted by molar-refractivity contribution is -0.671. The molecule has 0 bridgehead atoms. The normalized spacial score (nSPS) is 8.50. The summed E-state index contributed by atoms with van der Waals surface area (Å²) in [5, 5.41) is 0. The molecule has 6 N–H and O–H groups in total. The molecule has 0 saturated heterocycles. The van der Waals surface area contributed by atoms with Crippen molar-refractivity contribution in [2.24, 2.45) is 7.05 Å². The van der Waals surface area contributed by atoms with Gasteiger partial charge < -0.3 is 12.3 Å². The fourth-order valence-corrected chi connectivity index (χ4v) is 0.975. The zero-order valence-corrected chi connectivity index (χ0v) is 8.16. The van der Waals surface area contributed by atoms with Crippen LogP contribution in [0.4, 0.5) is 0 Å². The Morgan fingerprint density at radius 3 is 2.42 bits per heavy atom. The van der Waals surface area contributed by atoms with E-state index in [0.29, 0.717) is 0 Å². The topological polar surface area (TPSA) is 78.8 Å². The second kappa shape index (κ2) is 6.82. The zero-order chi connectivity index (χ0) is 7.40. The third kappa shape index (κ3) is 4.10. The van der Waals surface area contributed by atoms with Gasteiger partial charge in [0, 0.05) is 0 Å². The lowest BCUT2D eigenvalue weighted by Crippen LogP contribution is -2.23. The first kappa shape index (κ1) is 13.7. The maximum Gasteiger partial charge on any atom is 0.243 e. The van der Waals surface area contributed by atoms with E-state index < -0.39 is 0 Å². The molecule has 1 aromatic heterocycles. The first-order chi connectivity index (χ1) is 4.83. The summed E-state index contributed by atoms with van der Waals surface area (Å²) in [4.78, 5) is 0. The van der Waals surface area contributed by atoms with Gasteiger partial charge in [0.1, 0.15) is 12.4 Å². The number of hydrogen-bond acceptors (Lipinski definition) is 2. The fourth-order valence-electron chi connectivity index (χ4n) is 0.975. The van der Waals surface area contributed by atoms with Gasteiger partial charge in [0.05, 0.1) is 13.6 Å². The van der Waals surface area contributed by atoms with Crippen molar-refractivity contribution in [3.05, 3.63) is 18.7 Å². The predicted molar refractivity (Wildman–Crippen MR) is 50.6 cm³/mol. The molecule has 0 aliphatic carbocycles. The third-order valence-corrected chi connectivity index (χ3v) is 1.59. The minimum atomic E-state index is 0. The van der Waals surface area contributed by atoms with E-state index in [-0.39, 0.29) is 12.3 Å². The highest BCUT2D eigenvalue weighted by Gasteiger charge is 1.96. The number of hydrogen-bond donors (Lipinski definition) is 2. The first-order valence-corrected chi connectivity index (χ1v) is 3.84. The van der Waals surface area contributed by atoms with Gasteiger partial charge in [-0.1, -0.05) is 13.3 Å². The number of nitrogens with zero attached hydrogens (tertiary/aromatic N) is 2. The maximum atomic E-state index is 2.21. The monoisotopic (exact) mass is 173 g/mol. The molecule has 0 aliphatic heterocycles. The average molecular weight is 173 g/mol. The smallest absolute Gasteiger partial charge is 0.243 e. The predicted octanol–water partition coefficient (Wildman–Crippen LogP) is 1.44. The quantitative estimate of drug-likeness (QED) is 0.678. The van der Waals surface area contributed by atoms with E-state index in [1.807, 2.05) is 7.05 Å². The maximum absolute atomic E-state index is 2.21. The molecule has 72 valence electrons. The summed E-state index contributed by atoms with van der Waals surface area (Å²) in [6.45, 7) is 3.36. The molecule has 12 heavy (non-hydrogen) atoms. The largest absolute Gasteiger partial charge is 0.344 e. The van der Waals surface area contributed by atoms with E-state index in [9.17, 15) is 0 Å². The molecule has 1 heterocycles. The van der Waals surface area contributed by atoms with Crippen LogP contribution in [0.15, 0.2) is 18.7 Å². The van der Waals surface area contributed by atoms with E-state index in [1.165, 1.54) is 12.8 Å². The van der Waals surface area contributed by atoms with E-state index >= 15 is 0 Å². The molecular weight excluding hydrogens is 152 g/mol. The minimum Gasteiger partial charge on any atom is -0.344 e. The number of aromatic nitrogens is 2. The van der Waals surface area contributed by atoms with Crippen LogP contribution in [0.3, 0.4) is 0 Å². The molecule has 1 rings (SSSR count). The van der Waals surface area contributed by atoms with Crippen molar-refractivity contribution in [1.29, 1.82) is 0 Å².